The molecule has 1 aromatic heterocycles. The molecule has 1 saturated heterocycles. The number of amides is 1. The number of rotatable bonds is 4. The number of aliphatic hydroxyl groups is 1. The van der Waals surface area contributed by atoms with Crippen LogP contribution >= 0.6 is 0 Å². The summed E-state index contributed by atoms with van der Waals surface area (Å²) in [7, 11) is 0. The molecule has 5 nitrogen and oxygen atoms in total. The normalized spacial score (nSPS) is 16.9. The number of carbonyl (C=O) groups excluding carboxylic acids is 1. The van der Waals surface area contributed by atoms with E-state index in [2.05, 4.69) is 17.1 Å². The number of para-hydroxylation sites is 2. The number of fused-ring (bicyclic) bond motifs is 1. The second-order valence-corrected chi connectivity index (χ2v) is 7.25. The molecule has 1 amide bonds. The lowest BCUT2D eigenvalue weighted by molar-refractivity contribution is 0.102. The van der Waals surface area contributed by atoms with Crippen molar-refractivity contribution < 1.29 is 9.90 Å². The van der Waals surface area contributed by atoms with Crippen molar-refractivity contribution >= 4 is 28.3 Å². The number of pyridine rings is 1. The van der Waals surface area contributed by atoms with Gasteiger partial charge in [-0.2, -0.15) is 0 Å². The predicted octanol–water partition coefficient (Wildman–Crippen LogP) is 4.01. The SMILES string of the molecule is CCc1ccccc1NC(=O)c1cc(N2CCC[C@H](O)C2)nc2ccccc12. The van der Waals surface area contributed by atoms with Gasteiger partial charge in [0, 0.05) is 24.2 Å². The van der Waals surface area contributed by atoms with Gasteiger partial charge in [-0.3, -0.25) is 4.79 Å². The van der Waals surface area contributed by atoms with Gasteiger partial charge in [-0.1, -0.05) is 43.3 Å². The Bertz CT molecular complexity index is 1000. The summed E-state index contributed by atoms with van der Waals surface area (Å²) < 4.78 is 0. The van der Waals surface area contributed by atoms with E-state index in [4.69, 9.17) is 4.98 Å². The minimum atomic E-state index is -0.351. The van der Waals surface area contributed by atoms with E-state index >= 15 is 0 Å². The number of hydrogen-bond donors (Lipinski definition) is 2. The Balaban J connectivity index is 1.73. The molecule has 28 heavy (non-hydrogen) atoms. The van der Waals surface area contributed by atoms with E-state index in [1.54, 1.807) is 0 Å². The molecule has 0 aliphatic carbocycles. The van der Waals surface area contributed by atoms with Crippen LogP contribution in [0.1, 0.15) is 35.7 Å². The number of aliphatic hydroxyl groups excluding tert-OH is 1. The molecule has 0 saturated carbocycles. The fourth-order valence-corrected chi connectivity index (χ4v) is 3.81. The Kier molecular flexibility index (Phi) is 5.26. The second kappa shape index (κ2) is 7.98. The van der Waals surface area contributed by atoms with Gasteiger partial charge in [-0.25, -0.2) is 4.98 Å². The summed E-state index contributed by atoms with van der Waals surface area (Å²) in [6.07, 6.45) is 2.23. The van der Waals surface area contributed by atoms with E-state index < -0.39 is 0 Å². The average Bonchev–Trinajstić information content (AvgIpc) is 2.73. The number of aryl methyl sites for hydroxylation is 1. The first-order valence-corrected chi connectivity index (χ1v) is 9.87. The van der Waals surface area contributed by atoms with Crippen LogP contribution in [0.2, 0.25) is 0 Å². The van der Waals surface area contributed by atoms with Crippen LogP contribution in [0.5, 0.6) is 0 Å². The van der Waals surface area contributed by atoms with E-state index in [0.717, 1.165) is 53.8 Å². The summed E-state index contributed by atoms with van der Waals surface area (Å²) in [6, 6.07) is 17.4. The van der Waals surface area contributed by atoms with Gasteiger partial charge < -0.3 is 15.3 Å². The molecule has 144 valence electrons. The maximum Gasteiger partial charge on any atom is 0.256 e. The number of hydrogen-bond acceptors (Lipinski definition) is 4. The second-order valence-electron chi connectivity index (χ2n) is 7.25. The van der Waals surface area contributed by atoms with Crippen molar-refractivity contribution in [2.24, 2.45) is 0 Å². The van der Waals surface area contributed by atoms with Crippen molar-refractivity contribution in [3.8, 4) is 0 Å². The zero-order valence-electron chi connectivity index (χ0n) is 16.1. The van der Waals surface area contributed by atoms with Gasteiger partial charge >= 0.3 is 0 Å². The van der Waals surface area contributed by atoms with E-state index in [1.165, 1.54) is 0 Å². The first-order chi connectivity index (χ1) is 13.7. The number of anilines is 2. The highest BCUT2D eigenvalue weighted by atomic mass is 16.3. The third-order valence-electron chi connectivity index (χ3n) is 5.31. The molecule has 0 radical (unpaired) electrons. The van der Waals surface area contributed by atoms with Gasteiger partial charge in [-0.05, 0) is 43.0 Å². The van der Waals surface area contributed by atoms with Crippen LogP contribution in [0.25, 0.3) is 10.9 Å². The first kappa shape index (κ1) is 18.4. The average molecular weight is 375 g/mol. The van der Waals surface area contributed by atoms with Crippen LogP contribution in [0, 0.1) is 0 Å². The third kappa shape index (κ3) is 3.71. The molecule has 3 aromatic rings. The van der Waals surface area contributed by atoms with Crippen molar-refractivity contribution in [3.05, 3.63) is 65.7 Å². The molecule has 5 heteroatoms. The molecule has 1 aliphatic heterocycles. The molecular weight excluding hydrogens is 350 g/mol. The van der Waals surface area contributed by atoms with E-state index in [-0.39, 0.29) is 12.0 Å². The van der Waals surface area contributed by atoms with Crippen molar-refractivity contribution in [2.45, 2.75) is 32.3 Å². The predicted molar refractivity (Wildman–Crippen MR) is 113 cm³/mol. The van der Waals surface area contributed by atoms with Gasteiger partial charge in [-0.15, -0.1) is 0 Å². The van der Waals surface area contributed by atoms with E-state index in [1.807, 2.05) is 54.6 Å². The molecule has 4 rings (SSSR count). The number of carbonyl (C=O) groups is 1. The highest BCUT2D eigenvalue weighted by Gasteiger charge is 2.21. The van der Waals surface area contributed by atoms with Gasteiger partial charge in [0.25, 0.3) is 5.91 Å². The van der Waals surface area contributed by atoms with Crippen LogP contribution in [-0.4, -0.2) is 35.2 Å². The largest absolute Gasteiger partial charge is 0.391 e. The maximum absolute atomic E-state index is 13.2. The zero-order chi connectivity index (χ0) is 19.5. The number of β-amino-alcohol motifs (C(OH)–C–C–N with tert-alkyl or cyclic N) is 1. The molecular formula is C23H25N3O2. The number of aromatic nitrogens is 1. The lowest BCUT2D eigenvalue weighted by atomic mass is 10.1. The van der Waals surface area contributed by atoms with Gasteiger partial charge in [0.15, 0.2) is 0 Å². The Hall–Kier alpha value is -2.92. The van der Waals surface area contributed by atoms with Crippen molar-refractivity contribution in [3.63, 3.8) is 0 Å². The minimum absolute atomic E-state index is 0.140. The fourth-order valence-electron chi connectivity index (χ4n) is 3.81. The third-order valence-corrected chi connectivity index (χ3v) is 5.31. The molecule has 0 unspecified atom stereocenters. The first-order valence-electron chi connectivity index (χ1n) is 9.87. The highest BCUT2D eigenvalue weighted by Crippen LogP contribution is 2.26. The van der Waals surface area contributed by atoms with Crippen LogP contribution in [0.4, 0.5) is 11.5 Å². The van der Waals surface area contributed by atoms with Gasteiger partial charge in [0.1, 0.15) is 5.82 Å². The molecule has 0 bridgehead atoms. The topological polar surface area (TPSA) is 65.5 Å². The Labute approximate surface area is 165 Å². The summed E-state index contributed by atoms with van der Waals surface area (Å²) in [5.74, 6) is 0.602. The molecule has 1 aliphatic rings. The standard InChI is InChI=1S/C23H25N3O2/c1-2-16-8-3-5-11-20(16)25-23(28)19-14-22(26-13-7-9-17(27)15-26)24-21-12-6-4-10-18(19)21/h3-6,8,10-12,14,17,27H,2,7,9,13,15H2,1H3,(H,25,28)/t17-/m0/s1. The summed E-state index contributed by atoms with van der Waals surface area (Å²) >= 11 is 0. The molecule has 0 spiro atoms. The van der Waals surface area contributed by atoms with Gasteiger partial charge in [0.2, 0.25) is 0 Å². The number of benzene rings is 2. The Morgan fingerprint density at radius 2 is 2.00 bits per heavy atom. The lowest BCUT2D eigenvalue weighted by Crippen LogP contribution is -2.38. The summed E-state index contributed by atoms with van der Waals surface area (Å²) in [6.45, 7) is 3.46. The molecule has 2 N–H and O–H groups in total. The monoisotopic (exact) mass is 375 g/mol. The van der Waals surface area contributed by atoms with Crippen molar-refractivity contribution in [1.29, 1.82) is 0 Å². The van der Waals surface area contributed by atoms with Crippen LogP contribution in [0.3, 0.4) is 0 Å². The van der Waals surface area contributed by atoms with Crippen LogP contribution in [0.15, 0.2) is 54.6 Å². The van der Waals surface area contributed by atoms with Crippen molar-refractivity contribution in [1.82, 2.24) is 4.98 Å². The number of nitrogens with zero attached hydrogens (tertiary/aromatic N) is 2. The molecule has 2 heterocycles. The minimum Gasteiger partial charge on any atom is -0.391 e. The summed E-state index contributed by atoms with van der Waals surface area (Å²) in [5.41, 5.74) is 3.33. The quantitative estimate of drug-likeness (QED) is 0.723. The lowest BCUT2D eigenvalue weighted by Gasteiger charge is -2.31. The van der Waals surface area contributed by atoms with Crippen LogP contribution < -0.4 is 10.2 Å². The summed E-state index contributed by atoms with van der Waals surface area (Å²) in [4.78, 5) is 20.0. The highest BCUT2D eigenvalue weighted by molar-refractivity contribution is 6.13. The molecule has 1 atom stereocenters. The van der Waals surface area contributed by atoms with Crippen LogP contribution in [-0.2, 0) is 6.42 Å². The van der Waals surface area contributed by atoms with E-state index in [9.17, 15) is 9.90 Å². The van der Waals surface area contributed by atoms with Crippen molar-refractivity contribution in [2.75, 3.05) is 23.3 Å². The Morgan fingerprint density at radius 1 is 1.21 bits per heavy atom. The number of piperidine rings is 1. The van der Waals surface area contributed by atoms with Gasteiger partial charge in [0.05, 0.1) is 17.2 Å². The summed E-state index contributed by atoms with van der Waals surface area (Å²) in [5, 5.41) is 13.9. The van der Waals surface area contributed by atoms with E-state index in [0.29, 0.717) is 12.1 Å². The molecule has 1 fully saturated rings. The zero-order valence-corrected chi connectivity index (χ0v) is 16.1. The maximum atomic E-state index is 13.2. The Morgan fingerprint density at radius 3 is 2.82 bits per heavy atom. The number of nitrogens with one attached hydrogen (secondary N) is 1. The molecule has 2 aromatic carbocycles. The fraction of sp³-hybridized carbons (Fsp3) is 0.304. The smallest absolute Gasteiger partial charge is 0.256 e.